The smallest absolute Gasteiger partial charge is 0.243 e. The van der Waals surface area contributed by atoms with E-state index in [1.807, 2.05) is 25.7 Å². The standard InChI is InChI=1S/C20H27N3O3S/c1-4-22(5-2)20(24)16-10-13-23(14-11-16)27(25,26)18-9-8-15(3)19-17(18)7-6-12-21-19/h6-9,12,16H,4-5,10-11,13-14H2,1-3H3. The van der Waals surface area contributed by atoms with Gasteiger partial charge in [0, 0.05) is 43.7 Å². The maximum atomic E-state index is 13.2. The number of nitrogens with zero attached hydrogens (tertiary/aromatic N) is 3. The highest BCUT2D eigenvalue weighted by atomic mass is 32.2. The molecule has 6 nitrogen and oxygen atoms in total. The zero-order valence-corrected chi connectivity index (χ0v) is 17.0. The van der Waals surface area contributed by atoms with E-state index in [0.29, 0.717) is 54.8 Å². The molecule has 2 heterocycles. The molecule has 2 aromatic rings. The molecule has 0 spiro atoms. The van der Waals surface area contributed by atoms with Gasteiger partial charge in [0.15, 0.2) is 0 Å². The third-order valence-corrected chi connectivity index (χ3v) is 7.38. The van der Waals surface area contributed by atoms with Gasteiger partial charge >= 0.3 is 0 Å². The number of fused-ring (bicyclic) bond motifs is 1. The van der Waals surface area contributed by atoms with Crippen molar-refractivity contribution in [3.05, 3.63) is 36.0 Å². The van der Waals surface area contributed by atoms with Crippen LogP contribution in [0.3, 0.4) is 0 Å². The number of amides is 1. The molecule has 0 unspecified atom stereocenters. The van der Waals surface area contributed by atoms with Gasteiger partial charge in [-0.05, 0) is 57.4 Å². The lowest BCUT2D eigenvalue weighted by molar-refractivity contribution is -0.136. The van der Waals surface area contributed by atoms with Gasteiger partial charge in [0.05, 0.1) is 10.4 Å². The van der Waals surface area contributed by atoms with Crippen LogP contribution in [0, 0.1) is 12.8 Å². The molecule has 0 aliphatic carbocycles. The molecule has 3 rings (SSSR count). The van der Waals surface area contributed by atoms with Gasteiger partial charge in [0.2, 0.25) is 15.9 Å². The van der Waals surface area contributed by atoms with Gasteiger partial charge in [-0.1, -0.05) is 6.07 Å². The van der Waals surface area contributed by atoms with Crippen LogP contribution in [0.4, 0.5) is 0 Å². The first-order valence-electron chi connectivity index (χ1n) is 9.53. The van der Waals surface area contributed by atoms with Crippen LogP contribution < -0.4 is 0 Å². The van der Waals surface area contributed by atoms with E-state index in [4.69, 9.17) is 0 Å². The van der Waals surface area contributed by atoms with Crippen molar-refractivity contribution in [2.24, 2.45) is 5.92 Å². The second-order valence-corrected chi connectivity index (χ2v) is 8.88. The molecule has 1 saturated heterocycles. The average molecular weight is 390 g/mol. The van der Waals surface area contributed by atoms with Gasteiger partial charge in [0.25, 0.3) is 0 Å². The number of sulfonamides is 1. The van der Waals surface area contributed by atoms with E-state index in [0.717, 1.165) is 5.56 Å². The lowest BCUT2D eigenvalue weighted by Gasteiger charge is -2.33. The monoisotopic (exact) mass is 389 g/mol. The van der Waals surface area contributed by atoms with E-state index in [2.05, 4.69) is 4.98 Å². The van der Waals surface area contributed by atoms with Crippen molar-refractivity contribution in [1.82, 2.24) is 14.2 Å². The summed E-state index contributed by atoms with van der Waals surface area (Å²) < 4.78 is 28.0. The summed E-state index contributed by atoms with van der Waals surface area (Å²) in [6.45, 7) is 7.99. The minimum absolute atomic E-state index is 0.0900. The molecule has 1 aliphatic heterocycles. The molecular formula is C20H27N3O3S. The summed E-state index contributed by atoms with van der Waals surface area (Å²) in [5, 5.41) is 0.652. The Morgan fingerprint density at radius 1 is 1.19 bits per heavy atom. The molecule has 0 bridgehead atoms. The van der Waals surface area contributed by atoms with Gasteiger partial charge in [-0.25, -0.2) is 8.42 Å². The maximum absolute atomic E-state index is 13.2. The predicted molar refractivity (Wildman–Crippen MR) is 106 cm³/mol. The number of hydrogen-bond acceptors (Lipinski definition) is 4. The Bertz CT molecular complexity index is 931. The quantitative estimate of drug-likeness (QED) is 0.788. The van der Waals surface area contributed by atoms with Crippen LogP contribution in [0.5, 0.6) is 0 Å². The Hall–Kier alpha value is -1.99. The van der Waals surface area contributed by atoms with E-state index < -0.39 is 10.0 Å². The molecule has 0 saturated carbocycles. The van der Waals surface area contributed by atoms with Crippen molar-refractivity contribution in [2.75, 3.05) is 26.2 Å². The zero-order chi connectivity index (χ0) is 19.6. The van der Waals surface area contributed by atoms with E-state index in [-0.39, 0.29) is 11.8 Å². The van der Waals surface area contributed by atoms with E-state index in [9.17, 15) is 13.2 Å². The largest absolute Gasteiger partial charge is 0.343 e. The van der Waals surface area contributed by atoms with Crippen LogP contribution in [0.25, 0.3) is 10.9 Å². The number of rotatable bonds is 5. The van der Waals surface area contributed by atoms with Crippen LogP contribution in [-0.4, -0.2) is 54.7 Å². The molecular weight excluding hydrogens is 362 g/mol. The van der Waals surface area contributed by atoms with Crippen LogP contribution in [0.15, 0.2) is 35.4 Å². The van der Waals surface area contributed by atoms with Crippen LogP contribution in [0.2, 0.25) is 0 Å². The van der Waals surface area contributed by atoms with Gasteiger partial charge in [-0.15, -0.1) is 0 Å². The van der Waals surface area contributed by atoms with Crippen molar-refractivity contribution < 1.29 is 13.2 Å². The average Bonchev–Trinajstić information content (AvgIpc) is 2.69. The molecule has 0 radical (unpaired) electrons. The van der Waals surface area contributed by atoms with Crippen molar-refractivity contribution >= 4 is 26.8 Å². The van der Waals surface area contributed by atoms with E-state index in [1.54, 1.807) is 30.5 Å². The normalized spacial score (nSPS) is 16.6. The number of piperidine rings is 1. The molecule has 27 heavy (non-hydrogen) atoms. The number of hydrogen-bond donors (Lipinski definition) is 0. The summed E-state index contributed by atoms with van der Waals surface area (Å²) in [7, 11) is -3.62. The number of benzene rings is 1. The predicted octanol–water partition coefficient (Wildman–Crippen LogP) is 2.81. The second kappa shape index (κ2) is 7.94. The molecule has 1 aromatic heterocycles. The summed E-state index contributed by atoms with van der Waals surface area (Å²) in [6.07, 6.45) is 2.81. The van der Waals surface area contributed by atoms with Crippen molar-refractivity contribution in [3.8, 4) is 0 Å². The Morgan fingerprint density at radius 3 is 2.48 bits per heavy atom. The summed E-state index contributed by atoms with van der Waals surface area (Å²) in [4.78, 5) is 19.0. The summed E-state index contributed by atoms with van der Waals surface area (Å²) >= 11 is 0. The lowest BCUT2D eigenvalue weighted by Crippen LogP contribution is -2.44. The first kappa shape index (κ1) is 19.8. The van der Waals surface area contributed by atoms with Gasteiger partial charge in [0.1, 0.15) is 0 Å². The van der Waals surface area contributed by atoms with Crippen LogP contribution in [-0.2, 0) is 14.8 Å². The Labute approximate surface area is 161 Å². The van der Waals surface area contributed by atoms with Gasteiger partial charge < -0.3 is 4.90 Å². The number of aromatic nitrogens is 1. The second-order valence-electron chi connectivity index (χ2n) is 6.97. The fraction of sp³-hybridized carbons (Fsp3) is 0.500. The Balaban J connectivity index is 1.82. The van der Waals surface area contributed by atoms with E-state index >= 15 is 0 Å². The zero-order valence-electron chi connectivity index (χ0n) is 16.2. The third kappa shape index (κ3) is 3.71. The van der Waals surface area contributed by atoms with Crippen molar-refractivity contribution in [1.29, 1.82) is 0 Å². The highest BCUT2D eigenvalue weighted by Crippen LogP contribution is 2.30. The van der Waals surface area contributed by atoms with Crippen molar-refractivity contribution in [3.63, 3.8) is 0 Å². The minimum atomic E-state index is -3.62. The molecule has 7 heteroatoms. The summed E-state index contributed by atoms with van der Waals surface area (Å²) in [6, 6.07) is 7.04. The highest BCUT2D eigenvalue weighted by molar-refractivity contribution is 7.89. The Morgan fingerprint density at radius 2 is 1.85 bits per heavy atom. The number of aryl methyl sites for hydroxylation is 1. The lowest BCUT2D eigenvalue weighted by atomic mass is 9.96. The molecule has 146 valence electrons. The molecule has 0 atom stereocenters. The first-order valence-corrected chi connectivity index (χ1v) is 11.0. The number of carbonyl (C=O) groups is 1. The Kier molecular flexibility index (Phi) is 5.81. The van der Waals surface area contributed by atoms with E-state index in [1.165, 1.54) is 4.31 Å². The fourth-order valence-corrected chi connectivity index (χ4v) is 5.44. The third-order valence-electron chi connectivity index (χ3n) is 5.43. The first-order chi connectivity index (χ1) is 12.9. The summed E-state index contributed by atoms with van der Waals surface area (Å²) in [5.74, 6) is 0.0508. The molecule has 1 aliphatic rings. The van der Waals surface area contributed by atoms with Gasteiger partial charge in [-0.2, -0.15) is 4.31 Å². The van der Waals surface area contributed by atoms with Crippen molar-refractivity contribution in [2.45, 2.75) is 38.5 Å². The topological polar surface area (TPSA) is 70.6 Å². The molecule has 1 fully saturated rings. The SMILES string of the molecule is CCN(CC)C(=O)C1CCN(S(=O)(=O)c2ccc(C)c3ncccc23)CC1. The molecule has 0 N–H and O–H groups in total. The van der Waals surface area contributed by atoms with Crippen LogP contribution >= 0.6 is 0 Å². The number of carbonyl (C=O) groups excluding carboxylic acids is 1. The molecule has 1 aromatic carbocycles. The fourth-order valence-electron chi connectivity index (χ4n) is 3.79. The maximum Gasteiger partial charge on any atom is 0.243 e. The minimum Gasteiger partial charge on any atom is -0.343 e. The van der Waals surface area contributed by atoms with Crippen LogP contribution in [0.1, 0.15) is 32.3 Å². The highest BCUT2D eigenvalue weighted by Gasteiger charge is 2.34. The number of pyridine rings is 1. The summed E-state index contributed by atoms with van der Waals surface area (Å²) in [5.41, 5.74) is 1.67. The molecule has 1 amide bonds. The van der Waals surface area contributed by atoms with Gasteiger partial charge in [-0.3, -0.25) is 9.78 Å².